The summed E-state index contributed by atoms with van der Waals surface area (Å²) in [6.07, 6.45) is 6.30. The van der Waals surface area contributed by atoms with Crippen molar-refractivity contribution in [2.24, 2.45) is 23.7 Å². The Morgan fingerprint density at radius 1 is 1.07 bits per heavy atom. The van der Waals surface area contributed by atoms with Gasteiger partial charge in [0.05, 0.1) is 25.0 Å². The highest BCUT2D eigenvalue weighted by Gasteiger charge is 2.72. The number of ether oxygens (including phenoxy) is 2. The second-order valence-corrected chi connectivity index (χ2v) is 13.1. The predicted molar refractivity (Wildman–Crippen MR) is 168 cm³/mol. The van der Waals surface area contributed by atoms with Crippen LogP contribution in [0.1, 0.15) is 38.7 Å². The summed E-state index contributed by atoms with van der Waals surface area (Å²) in [7, 11) is 3.60. The van der Waals surface area contributed by atoms with Gasteiger partial charge >= 0.3 is 0 Å². The quantitative estimate of drug-likeness (QED) is 0.402. The molecule has 6 rings (SSSR count). The molecule has 1 spiro atoms. The summed E-state index contributed by atoms with van der Waals surface area (Å²) in [4.78, 5) is 46.2. The van der Waals surface area contributed by atoms with E-state index in [-0.39, 0.29) is 23.8 Å². The molecule has 4 aliphatic rings. The largest absolute Gasteiger partial charge is 0.497 e. The number of anilines is 1. The Labute approximate surface area is 260 Å². The van der Waals surface area contributed by atoms with Crippen molar-refractivity contribution in [2.75, 3.05) is 32.6 Å². The summed E-state index contributed by atoms with van der Waals surface area (Å²) in [6.45, 7) is 6.08. The van der Waals surface area contributed by atoms with Gasteiger partial charge in [0.25, 0.3) is 0 Å². The van der Waals surface area contributed by atoms with Gasteiger partial charge in [0.2, 0.25) is 17.7 Å². The van der Waals surface area contributed by atoms with E-state index in [4.69, 9.17) is 9.47 Å². The molecule has 1 saturated carbocycles. The van der Waals surface area contributed by atoms with Gasteiger partial charge in [0.15, 0.2) is 0 Å². The lowest BCUT2D eigenvalue weighted by molar-refractivity contribution is -0.141. The van der Waals surface area contributed by atoms with Crippen molar-refractivity contribution >= 4 is 23.4 Å². The number of methoxy groups -OCH3 is 1. The van der Waals surface area contributed by atoms with E-state index in [1.807, 2.05) is 37.4 Å². The van der Waals surface area contributed by atoms with Crippen LogP contribution in [0.5, 0.6) is 5.75 Å². The highest BCUT2D eigenvalue weighted by molar-refractivity contribution is 6.02. The van der Waals surface area contributed by atoms with E-state index in [0.29, 0.717) is 36.4 Å². The number of benzene rings is 2. The molecular weight excluding hydrogens is 556 g/mol. The molecule has 9 nitrogen and oxygen atoms in total. The fourth-order valence-corrected chi connectivity index (χ4v) is 7.71. The number of hydrogen-bond acceptors (Lipinski definition) is 6. The molecule has 3 aliphatic heterocycles. The van der Waals surface area contributed by atoms with E-state index < -0.39 is 29.6 Å². The SMILES string of the molecule is COc1ccc(NC(=O)C2[C@@H]3C=CC4(O3)C(C(=O)NC3CCCC(C)C3C)N(CCN(C)Cc3ccccc3)C(=O)[C@H]24)cc1. The first-order valence-electron chi connectivity index (χ1n) is 15.9. The molecule has 2 aromatic carbocycles. The minimum Gasteiger partial charge on any atom is -0.497 e. The monoisotopic (exact) mass is 600 g/mol. The molecule has 3 heterocycles. The summed E-state index contributed by atoms with van der Waals surface area (Å²) in [5, 5.41) is 6.31. The highest BCUT2D eigenvalue weighted by atomic mass is 16.5. The first-order valence-corrected chi connectivity index (χ1v) is 15.9. The van der Waals surface area contributed by atoms with Crippen LogP contribution in [0.2, 0.25) is 0 Å². The van der Waals surface area contributed by atoms with Crippen LogP contribution in [0.3, 0.4) is 0 Å². The van der Waals surface area contributed by atoms with Gasteiger partial charge in [-0.05, 0) is 55.1 Å². The maximum Gasteiger partial charge on any atom is 0.246 e. The van der Waals surface area contributed by atoms with Crippen LogP contribution in [0.25, 0.3) is 0 Å². The van der Waals surface area contributed by atoms with E-state index in [9.17, 15) is 14.4 Å². The van der Waals surface area contributed by atoms with Gasteiger partial charge in [-0.15, -0.1) is 0 Å². The van der Waals surface area contributed by atoms with Gasteiger partial charge in [0, 0.05) is 31.4 Å². The molecule has 2 aromatic rings. The first kappa shape index (κ1) is 30.3. The van der Waals surface area contributed by atoms with Crippen LogP contribution < -0.4 is 15.4 Å². The highest BCUT2D eigenvalue weighted by Crippen LogP contribution is 2.55. The second-order valence-electron chi connectivity index (χ2n) is 13.1. The number of fused-ring (bicyclic) bond motifs is 1. The van der Waals surface area contributed by atoms with Crippen molar-refractivity contribution in [3.63, 3.8) is 0 Å². The lowest BCUT2D eigenvalue weighted by atomic mass is 9.73. The fraction of sp³-hybridized carbons (Fsp3) is 0.514. The summed E-state index contributed by atoms with van der Waals surface area (Å²) in [5.41, 5.74) is 0.596. The number of nitrogens with zero attached hydrogens (tertiary/aromatic N) is 2. The third-order valence-electron chi connectivity index (χ3n) is 10.3. The Balaban J connectivity index is 1.25. The Morgan fingerprint density at radius 3 is 2.55 bits per heavy atom. The molecule has 1 aliphatic carbocycles. The Hall–Kier alpha value is -3.69. The Bertz CT molecular complexity index is 1400. The second kappa shape index (κ2) is 12.4. The van der Waals surface area contributed by atoms with Gasteiger partial charge in [-0.1, -0.05) is 69.2 Å². The molecule has 3 fully saturated rings. The number of likely N-dealkylation sites (tertiary alicyclic amines) is 1. The van der Waals surface area contributed by atoms with Crippen molar-refractivity contribution in [1.29, 1.82) is 0 Å². The van der Waals surface area contributed by atoms with E-state index in [0.717, 1.165) is 25.8 Å². The van der Waals surface area contributed by atoms with E-state index in [1.165, 1.54) is 5.56 Å². The minimum atomic E-state index is -1.19. The maximum absolute atomic E-state index is 14.3. The molecule has 6 unspecified atom stereocenters. The number of hydrogen-bond donors (Lipinski definition) is 2. The van der Waals surface area contributed by atoms with Crippen molar-refractivity contribution in [3.8, 4) is 5.75 Å². The fourth-order valence-electron chi connectivity index (χ4n) is 7.71. The predicted octanol–water partition coefficient (Wildman–Crippen LogP) is 3.86. The van der Waals surface area contributed by atoms with Crippen LogP contribution in [0.4, 0.5) is 5.69 Å². The van der Waals surface area contributed by atoms with E-state index in [1.54, 1.807) is 36.3 Å². The third kappa shape index (κ3) is 5.52. The average Bonchev–Trinajstić information content (AvgIpc) is 3.66. The Morgan fingerprint density at radius 2 is 1.82 bits per heavy atom. The summed E-state index contributed by atoms with van der Waals surface area (Å²) in [6, 6.07) is 16.4. The van der Waals surface area contributed by atoms with Crippen molar-refractivity contribution in [2.45, 2.75) is 63.4 Å². The summed E-state index contributed by atoms with van der Waals surface area (Å²) >= 11 is 0. The van der Waals surface area contributed by atoms with Gasteiger partial charge in [-0.2, -0.15) is 0 Å². The summed E-state index contributed by atoms with van der Waals surface area (Å²) in [5.74, 6) is -0.687. The number of carbonyl (C=O) groups is 3. The number of amides is 3. The van der Waals surface area contributed by atoms with Gasteiger partial charge in [-0.3, -0.25) is 14.4 Å². The minimum absolute atomic E-state index is 0.0381. The molecule has 2 N–H and O–H groups in total. The van der Waals surface area contributed by atoms with E-state index >= 15 is 0 Å². The Kier molecular flexibility index (Phi) is 8.53. The smallest absolute Gasteiger partial charge is 0.246 e. The average molecular weight is 601 g/mol. The lowest BCUT2D eigenvalue weighted by Crippen LogP contribution is -2.58. The number of nitrogens with one attached hydrogen (secondary N) is 2. The summed E-state index contributed by atoms with van der Waals surface area (Å²) < 4.78 is 11.8. The topological polar surface area (TPSA) is 100 Å². The van der Waals surface area contributed by atoms with Gasteiger partial charge in [-0.25, -0.2) is 0 Å². The lowest BCUT2D eigenvalue weighted by Gasteiger charge is -2.38. The van der Waals surface area contributed by atoms with Gasteiger partial charge in [0.1, 0.15) is 17.4 Å². The molecule has 44 heavy (non-hydrogen) atoms. The molecule has 0 aromatic heterocycles. The molecular formula is C35H44N4O5. The zero-order valence-electron chi connectivity index (χ0n) is 26.1. The molecule has 9 heteroatoms. The van der Waals surface area contributed by atoms with Crippen molar-refractivity contribution in [3.05, 3.63) is 72.3 Å². The van der Waals surface area contributed by atoms with Gasteiger partial charge < -0.3 is 29.9 Å². The number of likely N-dealkylation sites (N-methyl/N-ethyl adjacent to an activating group) is 1. The molecule has 0 radical (unpaired) electrons. The first-order chi connectivity index (χ1) is 21.2. The number of carbonyl (C=O) groups excluding carboxylic acids is 3. The van der Waals surface area contributed by atoms with E-state index in [2.05, 4.69) is 41.5 Å². The number of rotatable bonds is 10. The molecule has 234 valence electrons. The standard InChI is InChI=1S/C35H44N4O5/c1-22-9-8-12-27(23(22)2)37-33(41)31-35-18-17-28(44-35)29(32(40)36-25-13-15-26(43-4)16-14-25)30(35)34(42)39(31)20-19-38(3)21-24-10-6-5-7-11-24/h5-7,10-11,13-18,22-23,27-31H,8-9,12,19-21H2,1-4H3,(H,36,40)(H,37,41)/t22?,23?,27?,28-,29?,30-,31?,35?/m0/s1. The molecule has 2 saturated heterocycles. The van der Waals surface area contributed by atoms with Crippen molar-refractivity contribution < 1.29 is 23.9 Å². The molecule has 3 amide bonds. The van der Waals surface area contributed by atoms with Crippen LogP contribution in [0, 0.1) is 23.7 Å². The normalized spacial score (nSPS) is 32.2. The van der Waals surface area contributed by atoms with Crippen LogP contribution in [-0.2, 0) is 25.7 Å². The zero-order chi connectivity index (χ0) is 31.0. The maximum atomic E-state index is 14.3. The molecule has 8 atom stereocenters. The molecule has 2 bridgehead atoms. The zero-order valence-corrected chi connectivity index (χ0v) is 26.1. The van der Waals surface area contributed by atoms with Crippen molar-refractivity contribution in [1.82, 2.24) is 15.1 Å². The van der Waals surface area contributed by atoms with Crippen LogP contribution in [-0.4, -0.2) is 78.6 Å². The third-order valence-corrected chi connectivity index (χ3v) is 10.3. The van der Waals surface area contributed by atoms with Crippen LogP contribution >= 0.6 is 0 Å². The van der Waals surface area contributed by atoms with Crippen LogP contribution in [0.15, 0.2) is 66.7 Å².